The number of hydrogen-bond donors (Lipinski definition) is 0. The van der Waals surface area contributed by atoms with Crippen LogP contribution in [0.25, 0.3) is 60.9 Å². The van der Waals surface area contributed by atoms with Gasteiger partial charge in [0.15, 0.2) is 0 Å². The van der Waals surface area contributed by atoms with Crippen LogP contribution in [0.5, 0.6) is 23.0 Å². The molecule has 6 nitrogen and oxygen atoms in total. The fourth-order valence-corrected chi connectivity index (χ4v) is 18.7. The highest BCUT2D eigenvalue weighted by Crippen LogP contribution is 2.50. The molecule has 19 rings (SSSR count). The van der Waals surface area contributed by atoms with Gasteiger partial charge in [-0.25, -0.2) is 0 Å². The maximum atomic E-state index is 7.77. The monoisotopic (exact) mass is 1200 g/mol. The minimum absolute atomic E-state index is 0.0966. The third-order valence-corrected chi connectivity index (χ3v) is 22.3. The molecule has 0 saturated carbocycles. The van der Waals surface area contributed by atoms with Gasteiger partial charge in [0.05, 0.1) is 16.9 Å². The Morgan fingerprint density at radius 1 is 0.319 bits per heavy atom. The molecule has 6 aliphatic rings. The molecule has 91 heavy (non-hydrogen) atoms. The lowest BCUT2D eigenvalue weighted by Gasteiger charge is -2.44. The largest absolute Gasteiger partial charge is 0.458 e. The fourth-order valence-electron chi connectivity index (χ4n) is 17.3. The molecule has 11 heteroatoms. The first-order valence-corrected chi connectivity index (χ1v) is 34.0. The summed E-state index contributed by atoms with van der Waals surface area (Å²) < 4.78 is 22.5. The summed E-state index contributed by atoms with van der Waals surface area (Å²) in [5.41, 5.74) is 37.7. The van der Waals surface area contributed by atoms with Gasteiger partial charge in [-0.3, -0.25) is 8.61 Å². The Hall–Kier alpha value is -9.67. The number of anilines is 7. The van der Waals surface area contributed by atoms with Crippen LogP contribution in [0.15, 0.2) is 212 Å². The Labute approximate surface area is 540 Å². The average molecular weight is 1200 g/mol. The molecule has 0 radical (unpaired) electrons. The first-order valence-electron chi connectivity index (χ1n) is 31.6. The van der Waals surface area contributed by atoms with E-state index in [9.17, 15) is 0 Å². The number of hydrogen-bond acceptors (Lipinski definition) is 7. The third-order valence-electron chi connectivity index (χ3n) is 20.8. The lowest BCUT2D eigenvalue weighted by molar-refractivity contribution is 0.487. The van der Waals surface area contributed by atoms with Crippen LogP contribution in [0.2, 0.25) is 0 Å². The quantitative estimate of drug-likeness (QED) is 0.121. The molecule has 0 atom stereocenters. The van der Waals surface area contributed by atoms with E-state index in [0.29, 0.717) is 0 Å². The van der Waals surface area contributed by atoms with Crippen molar-refractivity contribution in [2.75, 3.05) is 26.0 Å². The standard InChI is InChI=1S/C80H59B3N4O2S2/c1-44-20-16-21-45(2)74(44)50-34-66-77-67(35-50)85-62-32-14-12-28-54(62)55-29-19-31-57(80(55)85)82(77)58-41-61-71(43-63(58)84(66)53-26-10-9-11-27-53)89-73-39-52(76-48(5)24-18-25-49(76)6)37-69-79(73)83(61)60-40-59-64(42-65(60)87(69)91-8)86(90-7)68-36-51(75-46(3)22-17-23-47(75)4)38-72-78(68)81(59)56-30-13-15-33-70(56)88-72/h9-43H,1-8H3. The van der Waals surface area contributed by atoms with Crippen LogP contribution < -0.4 is 72.1 Å². The highest BCUT2D eigenvalue weighted by molar-refractivity contribution is 8.00. The van der Waals surface area contributed by atoms with E-state index < -0.39 is 0 Å². The molecule has 13 aromatic rings. The number of nitrogens with zero attached hydrogens (tertiary/aromatic N) is 4. The summed E-state index contributed by atoms with van der Waals surface area (Å²) in [4.78, 5) is 2.55. The van der Waals surface area contributed by atoms with Crippen molar-refractivity contribution in [3.8, 4) is 62.1 Å². The van der Waals surface area contributed by atoms with Gasteiger partial charge >= 0.3 is 0 Å². The van der Waals surface area contributed by atoms with Crippen LogP contribution in [0.3, 0.4) is 0 Å². The highest BCUT2D eigenvalue weighted by Gasteiger charge is 2.50. The average Bonchev–Trinajstić information content (AvgIpc) is 1.63. The van der Waals surface area contributed by atoms with Gasteiger partial charge in [0.2, 0.25) is 0 Å². The minimum Gasteiger partial charge on any atom is -0.458 e. The van der Waals surface area contributed by atoms with E-state index in [0.717, 1.165) is 56.9 Å². The van der Waals surface area contributed by atoms with Gasteiger partial charge in [-0.1, -0.05) is 140 Å². The molecule has 12 aromatic carbocycles. The molecule has 0 unspecified atom stereocenters. The first-order chi connectivity index (χ1) is 44.5. The van der Waals surface area contributed by atoms with Crippen LogP contribution in [-0.4, -0.2) is 37.2 Å². The Morgan fingerprint density at radius 3 is 1.40 bits per heavy atom. The SMILES string of the molecule is CSN1c2cc3c(cc2B2c4ccccc4Oc4cc(-c5c(C)cccc5C)cc1c42)B1c2cc4c(cc2Oc2cc(-c5c(C)cccc5C)cc(c21)N3SC)N(c1ccccc1)c1cc(-c2c(C)cccc2C)cc2c1B4c1cccc3c4ccccc4n-2c13. The summed E-state index contributed by atoms with van der Waals surface area (Å²) in [6, 6.07) is 80.5. The summed E-state index contributed by atoms with van der Waals surface area (Å²) in [7, 11) is 0. The molecule has 0 fully saturated rings. The van der Waals surface area contributed by atoms with Crippen LogP contribution in [0.1, 0.15) is 33.4 Å². The topological polar surface area (TPSA) is 33.1 Å². The normalized spacial score (nSPS) is 13.8. The molecular weight excluding hydrogens is 1150 g/mol. The van der Waals surface area contributed by atoms with Gasteiger partial charge in [-0.2, -0.15) is 0 Å². The van der Waals surface area contributed by atoms with E-state index in [4.69, 9.17) is 9.47 Å². The summed E-state index contributed by atoms with van der Waals surface area (Å²) in [5, 5.41) is 2.53. The van der Waals surface area contributed by atoms with E-state index in [1.807, 2.05) is 0 Å². The van der Waals surface area contributed by atoms with Gasteiger partial charge in [0.25, 0.3) is 20.1 Å². The van der Waals surface area contributed by atoms with Crippen LogP contribution in [0.4, 0.5) is 39.8 Å². The number of para-hydroxylation sites is 4. The molecule has 0 spiro atoms. The van der Waals surface area contributed by atoms with Crippen molar-refractivity contribution in [1.29, 1.82) is 0 Å². The molecule has 6 aliphatic heterocycles. The molecule has 0 amide bonds. The number of benzene rings is 12. The van der Waals surface area contributed by atoms with Crippen molar-refractivity contribution in [3.63, 3.8) is 0 Å². The molecule has 7 heterocycles. The minimum atomic E-state index is -0.205. The number of ether oxygens (including phenoxy) is 2. The second kappa shape index (κ2) is 19.4. The van der Waals surface area contributed by atoms with E-state index in [2.05, 4.69) is 284 Å². The van der Waals surface area contributed by atoms with Crippen molar-refractivity contribution in [1.82, 2.24) is 4.57 Å². The summed E-state index contributed by atoms with van der Waals surface area (Å²) in [6.45, 7) is 13.0. The predicted molar refractivity (Wildman–Crippen MR) is 391 cm³/mol. The van der Waals surface area contributed by atoms with Gasteiger partial charge in [0.1, 0.15) is 23.0 Å². The first kappa shape index (κ1) is 53.2. The molecular formula is C80H59B3N4O2S2. The zero-order valence-electron chi connectivity index (χ0n) is 51.9. The smallest absolute Gasteiger partial charge is 0.256 e. The van der Waals surface area contributed by atoms with Crippen molar-refractivity contribution in [2.45, 2.75) is 41.5 Å². The van der Waals surface area contributed by atoms with Crippen LogP contribution in [0, 0.1) is 41.5 Å². The highest BCUT2D eigenvalue weighted by atomic mass is 32.2. The summed E-state index contributed by atoms with van der Waals surface area (Å²) >= 11 is 3.54. The van der Waals surface area contributed by atoms with E-state index >= 15 is 0 Å². The Morgan fingerprint density at radius 2 is 0.780 bits per heavy atom. The van der Waals surface area contributed by atoms with Gasteiger partial charge in [0, 0.05) is 69.0 Å². The zero-order valence-corrected chi connectivity index (χ0v) is 53.5. The number of fused-ring (bicyclic) bond motifs is 15. The van der Waals surface area contributed by atoms with Gasteiger partial charge < -0.3 is 18.9 Å². The van der Waals surface area contributed by atoms with Crippen LogP contribution >= 0.6 is 23.9 Å². The van der Waals surface area contributed by atoms with Crippen molar-refractivity contribution >= 4 is 155 Å². The van der Waals surface area contributed by atoms with Crippen molar-refractivity contribution in [3.05, 3.63) is 246 Å². The fraction of sp³-hybridized carbons (Fsp3) is 0.100. The molecule has 0 N–H and O–H groups in total. The second-order valence-corrected chi connectivity index (χ2v) is 27.2. The lowest BCUT2D eigenvalue weighted by Crippen LogP contribution is -2.65. The maximum absolute atomic E-state index is 7.77. The second-order valence-electron chi connectivity index (χ2n) is 25.7. The summed E-state index contributed by atoms with van der Waals surface area (Å²) in [6.07, 6.45) is 4.46. The maximum Gasteiger partial charge on any atom is 0.256 e. The van der Waals surface area contributed by atoms with E-state index in [-0.39, 0.29) is 20.1 Å². The Balaban J connectivity index is 0.909. The molecule has 432 valence electrons. The van der Waals surface area contributed by atoms with Crippen molar-refractivity contribution < 1.29 is 9.47 Å². The zero-order chi connectivity index (χ0) is 61.0. The summed E-state index contributed by atoms with van der Waals surface area (Å²) in [5.74, 6) is 3.57. The third kappa shape index (κ3) is 7.27. The molecule has 0 bridgehead atoms. The Bertz CT molecular complexity index is 5370. The number of aromatic nitrogens is 1. The van der Waals surface area contributed by atoms with Crippen molar-refractivity contribution in [2.24, 2.45) is 0 Å². The van der Waals surface area contributed by atoms with E-state index in [1.54, 1.807) is 23.9 Å². The Kier molecular flexibility index (Phi) is 11.4. The molecule has 0 aliphatic carbocycles. The van der Waals surface area contributed by atoms with Crippen LogP contribution in [-0.2, 0) is 0 Å². The molecule has 1 aromatic heterocycles. The van der Waals surface area contributed by atoms with Gasteiger partial charge in [-0.05, 0) is 248 Å². The lowest BCUT2D eigenvalue weighted by atomic mass is 9.29. The number of rotatable bonds is 6. The predicted octanol–water partition coefficient (Wildman–Crippen LogP) is 15.0. The van der Waals surface area contributed by atoms with Gasteiger partial charge in [-0.15, -0.1) is 0 Å². The van der Waals surface area contributed by atoms with E-state index in [1.165, 1.54) is 149 Å². The number of aryl methyl sites for hydroxylation is 6. The molecule has 0 saturated heterocycles.